The first-order valence-corrected chi connectivity index (χ1v) is 5.01. The maximum absolute atomic E-state index is 9.24. The van der Waals surface area contributed by atoms with Crippen LogP contribution in [0.4, 0.5) is 0 Å². The fraction of sp³-hybridized carbons (Fsp3) is 0.500. The van der Waals surface area contributed by atoms with Gasteiger partial charge in [0.05, 0.1) is 12.2 Å². The third-order valence-corrected chi connectivity index (χ3v) is 1.80. The molecule has 0 amide bonds. The summed E-state index contributed by atoms with van der Waals surface area (Å²) in [6.45, 7) is 5.79. The summed E-state index contributed by atoms with van der Waals surface area (Å²) < 4.78 is 5.55. The van der Waals surface area contributed by atoms with Crippen molar-refractivity contribution >= 4 is 0 Å². The first-order chi connectivity index (χ1) is 6.58. The lowest BCUT2D eigenvalue weighted by molar-refractivity contribution is 0.195. The van der Waals surface area contributed by atoms with Crippen molar-refractivity contribution in [3.63, 3.8) is 0 Å². The maximum atomic E-state index is 9.24. The smallest absolute Gasteiger partial charge is 0.119 e. The maximum Gasteiger partial charge on any atom is 0.119 e. The number of aliphatic hydroxyl groups excluding tert-OH is 1. The van der Waals surface area contributed by atoms with Gasteiger partial charge in [-0.25, -0.2) is 0 Å². The van der Waals surface area contributed by atoms with Crippen LogP contribution in [0.2, 0.25) is 0 Å². The van der Waals surface area contributed by atoms with Crippen LogP contribution in [0.15, 0.2) is 24.3 Å². The first kappa shape index (κ1) is 11.1. The van der Waals surface area contributed by atoms with E-state index in [2.05, 4.69) is 0 Å². The van der Waals surface area contributed by atoms with Crippen molar-refractivity contribution in [2.45, 2.75) is 39.4 Å². The van der Waals surface area contributed by atoms with Gasteiger partial charge in [0.25, 0.3) is 0 Å². The lowest BCUT2D eigenvalue weighted by Crippen LogP contribution is -2.07. The molecule has 14 heavy (non-hydrogen) atoms. The monoisotopic (exact) mass is 194 g/mol. The molecule has 0 saturated heterocycles. The average Bonchev–Trinajstić information content (AvgIpc) is 2.01. The zero-order valence-corrected chi connectivity index (χ0v) is 9.03. The highest BCUT2D eigenvalue weighted by molar-refractivity contribution is 5.29. The number of ether oxygens (including phenoxy) is 1. The molecular weight excluding hydrogens is 176 g/mol. The summed E-state index contributed by atoms with van der Waals surface area (Å²) in [5, 5.41) is 9.24. The molecule has 0 saturated carbocycles. The van der Waals surface area contributed by atoms with Crippen molar-refractivity contribution in [2.75, 3.05) is 0 Å². The van der Waals surface area contributed by atoms with Crippen LogP contribution in [0.25, 0.3) is 0 Å². The third-order valence-electron chi connectivity index (χ3n) is 1.80. The highest BCUT2D eigenvalue weighted by Gasteiger charge is 2.01. The summed E-state index contributed by atoms with van der Waals surface area (Å²) >= 11 is 0. The largest absolute Gasteiger partial charge is 0.491 e. The molecular formula is C12H18O2. The van der Waals surface area contributed by atoms with E-state index in [4.69, 9.17) is 4.74 Å². The highest BCUT2D eigenvalue weighted by atomic mass is 16.5. The van der Waals surface area contributed by atoms with E-state index in [1.54, 1.807) is 6.92 Å². The molecule has 0 aromatic heterocycles. The topological polar surface area (TPSA) is 29.5 Å². The Balaban J connectivity index is 2.68. The van der Waals surface area contributed by atoms with Crippen molar-refractivity contribution in [3.8, 4) is 5.75 Å². The Hall–Kier alpha value is -1.02. The van der Waals surface area contributed by atoms with Gasteiger partial charge in [-0.3, -0.25) is 0 Å². The molecule has 1 rings (SSSR count). The summed E-state index contributed by atoms with van der Waals surface area (Å²) in [7, 11) is 0. The van der Waals surface area contributed by atoms with Crippen molar-refractivity contribution in [1.29, 1.82) is 0 Å². The molecule has 0 aliphatic carbocycles. The van der Waals surface area contributed by atoms with Crippen LogP contribution in [0.1, 0.15) is 26.3 Å². The molecule has 0 unspecified atom stereocenters. The Labute approximate surface area is 85.5 Å². The number of benzene rings is 1. The minimum atomic E-state index is -0.302. The van der Waals surface area contributed by atoms with Gasteiger partial charge in [0, 0.05) is 0 Å². The molecule has 0 aliphatic rings. The summed E-state index contributed by atoms with van der Waals surface area (Å²) in [6.07, 6.45) is 0.566. The van der Waals surface area contributed by atoms with Crippen LogP contribution < -0.4 is 4.74 Å². The predicted octanol–water partition coefficient (Wildman–Crippen LogP) is 2.40. The standard InChI is InChI=1S/C12H18O2/c1-9(2)14-12-6-4-5-11(8-12)7-10(3)13/h4-6,8-10,13H,7H2,1-3H3/t10-/m0/s1. The molecule has 1 atom stereocenters. The molecule has 1 aromatic carbocycles. The summed E-state index contributed by atoms with van der Waals surface area (Å²) in [6, 6.07) is 7.87. The van der Waals surface area contributed by atoms with Gasteiger partial charge in [0.15, 0.2) is 0 Å². The molecule has 1 aromatic rings. The normalized spacial score (nSPS) is 12.9. The quantitative estimate of drug-likeness (QED) is 0.797. The fourth-order valence-electron chi connectivity index (χ4n) is 1.36. The van der Waals surface area contributed by atoms with Crippen LogP contribution >= 0.6 is 0 Å². The van der Waals surface area contributed by atoms with E-state index in [9.17, 15) is 5.11 Å². The Bertz CT molecular complexity index is 254. The molecule has 0 fully saturated rings. The lowest BCUT2D eigenvalue weighted by atomic mass is 10.1. The van der Waals surface area contributed by atoms with E-state index in [1.165, 1.54) is 0 Å². The van der Waals surface area contributed by atoms with E-state index in [1.807, 2.05) is 38.1 Å². The second-order valence-electron chi connectivity index (χ2n) is 3.87. The zero-order valence-electron chi connectivity index (χ0n) is 9.03. The first-order valence-electron chi connectivity index (χ1n) is 5.01. The fourth-order valence-corrected chi connectivity index (χ4v) is 1.36. The van der Waals surface area contributed by atoms with Crippen molar-refractivity contribution < 1.29 is 9.84 Å². The third kappa shape index (κ3) is 3.79. The van der Waals surface area contributed by atoms with E-state index in [0.717, 1.165) is 11.3 Å². The van der Waals surface area contributed by atoms with Crippen molar-refractivity contribution in [3.05, 3.63) is 29.8 Å². The molecule has 2 heteroatoms. The lowest BCUT2D eigenvalue weighted by Gasteiger charge is -2.11. The summed E-state index contributed by atoms with van der Waals surface area (Å²) in [5.74, 6) is 0.873. The van der Waals surface area contributed by atoms with Crippen LogP contribution in [0.3, 0.4) is 0 Å². The molecule has 78 valence electrons. The Morgan fingerprint density at radius 3 is 2.57 bits per heavy atom. The summed E-state index contributed by atoms with van der Waals surface area (Å²) in [4.78, 5) is 0. The number of hydrogen-bond acceptors (Lipinski definition) is 2. The van der Waals surface area contributed by atoms with Gasteiger partial charge in [-0.05, 0) is 44.9 Å². The van der Waals surface area contributed by atoms with E-state index in [-0.39, 0.29) is 12.2 Å². The molecule has 1 N–H and O–H groups in total. The number of hydrogen-bond donors (Lipinski definition) is 1. The minimum Gasteiger partial charge on any atom is -0.491 e. The molecule has 0 aliphatic heterocycles. The van der Waals surface area contributed by atoms with Gasteiger partial charge < -0.3 is 9.84 Å². The molecule has 0 bridgehead atoms. The van der Waals surface area contributed by atoms with Crippen LogP contribution in [0, 0.1) is 0 Å². The zero-order chi connectivity index (χ0) is 10.6. The van der Waals surface area contributed by atoms with Crippen molar-refractivity contribution in [1.82, 2.24) is 0 Å². The predicted molar refractivity (Wildman–Crippen MR) is 57.6 cm³/mol. The van der Waals surface area contributed by atoms with E-state index in [0.29, 0.717) is 6.42 Å². The van der Waals surface area contributed by atoms with Gasteiger partial charge in [0.1, 0.15) is 5.75 Å². The number of aliphatic hydroxyl groups is 1. The van der Waals surface area contributed by atoms with E-state index < -0.39 is 0 Å². The van der Waals surface area contributed by atoms with Crippen LogP contribution in [0.5, 0.6) is 5.75 Å². The molecule has 0 spiro atoms. The van der Waals surface area contributed by atoms with Gasteiger partial charge in [-0.2, -0.15) is 0 Å². The van der Waals surface area contributed by atoms with E-state index >= 15 is 0 Å². The molecule has 0 heterocycles. The van der Waals surface area contributed by atoms with Gasteiger partial charge >= 0.3 is 0 Å². The number of rotatable bonds is 4. The Kier molecular flexibility index (Phi) is 3.96. The van der Waals surface area contributed by atoms with Crippen LogP contribution in [-0.4, -0.2) is 17.3 Å². The van der Waals surface area contributed by atoms with Crippen LogP contribution in [-0.2, 0) is 6.42 Å². The highest BCUT2D eigenvalue weighted by Crippen LogP contribution is 2.15. The second-order valence-corrected chi connectivity index (χ2v) is 3.87. The van der Waals surface area contributed by atoms with Gasteiger partial charge in [0.2, 0.25) is 0 Å². The molecule has 2 nitrogen and oxygen atoms in total. The second kappa shape index (κ2) is 5.01. The van der Waals surface area contributed by atoms with Gasteiger partial charge in [-0.1, -0.05) is 12.1 Å². The molecule has 0 radical (unpaired) electrons. The Morgan fingerprint density at radius 1 is 1.29 bits per heavy atom. The summed E-state index contributed by atoms with van der Waals surface area (Å²) in [5.41, 5.74) is 1.11. The van der Waals surface area contributed by atoms with Crippen molar-refractivity contribution in [2.24, 2.45) is 0 Å². The minimum absolute atomic E-state index is 0.191. The van der Waals surface area contributed by atoms with Gasteiger partial charge in [-0.15, -0.1) is 0 Å². The average molecular weight is 194 g/mol. The SMILES string of the molecule is CC(C)Oc1cccc(C[C@H](C)O)c1. The Morgan fingerprint density at radius 2 is 2.00 bits per heavy atom.